The van der Waals surface area contributed by atoms with Gasteiger partial charge < -0.3 is 10.1 Å². The molecule has 0 spiro atoms. The Kier molecular flexibility index (Phi) is 5.44. The van der Waals surface area contributed by atoms with Crippen LogP contribution in [0.4, 0.5) is 20.2 Å². The molecule has 100 valence electrons. The zero-order valence-electron chi connectivity index (χ0n) is 9.86. The van der Waals surface area contributed by atoms with Gasteiger partial charge in [0, 0.05) is 24.4 Å². The summed E-state index contributed by atoms with van der Waals surface area (Å²) in [4.78, 5) is 10.1. The van der Waals surface area contributed by atoms with Crippen LogP contribution in [0.1, 0.15) is 5.56 Å². The van der Waals surface area contributed by atoms with Crippen molar-refractivity contribution in [3.63, 3.8) is 0 Å². The topological polar surface area (TPSA) is 64.4 Å². The summed E-state index contributed by atoms with van der Waals surface area (Å²) >= 11 is 0. The Balaban J connectivity index is 2.41. The van der Waals surface area contributed by atoms with E-state index in [0.717, 1.165) is 11.3 Å². The quantitative estimate of drug-likeness (QED) is 0.465. The van der Waals surface area contributed by atoms with Gasteiger partial charge in [-0.25, -0.2) is 8.78 Å². The molecule has 0 aliphatic rings. The average Bonchev–Trinajstić information content (AvgIpc) is 2.29. The maximum atomic E-state index is 11.8. The van der Waals surface area contributed by atoms with Crippen molar-refractivity contribution in [2.24, 2.45) is 0 Å². The van der Waals surface area contributed by atoms with E-state index in [9.17, 15) is 18.9 Å². The molecule has 0 aliphatic heterocycles. The minimum absolute atomic E-state index is 0.0204. The van der Waals surface area contributed by atoms with Crippen molar-refractivity contribution in [1.29, 1.82) is 0 Å². The lowest BCUT2D eigenvalue weighted by Gasteiger charge is -2.09. The third-order valence-corrected chi connectivity index (χ3v) is 2.23. The maximum absolute atomic E-state index is 11.8. The number of nitro benzene ring substituents is 1. The molecule has 0 saturated carbocycles. The molecule has 0 fully saturated rings. The first-order valence-electron chi connectivity index (χ1n) is 5.35. The molecule has 1 rings (SSSR count). The molecule has 0 aliphatic carbocycles. The van der Waals surface area contributed by atoms with Crippen molar-refractivity contribution >= 4 is 11.4 Å². The molecule has 18 heavy (non-hydrogen) atoms. The van der Waals surface area contributed by atoms with Gasteiger partial charge in [-0.15, -0.1) is 0 Å². The predicted molar refractivity (Wildman–Crippen MR) is 63.1 cm³/mol. The molecular weight excluding hydrogens is 246 g/mol. The summed E-state index contributed by atoms with van der Waals surface area (Å²) in [5.41, 5.74) is 1.46. The number of benzene rings is 1. The van der Waals surface area contributed by atoms with Crippen LogP contribution >= 0.6 is 0 Å². The summed E-state index contributed by atoms with van der Waals surface area (Å²) in [6, 6.07) is 4.41. The van der Waals surface area contributed by atoms with Gasteiger partial charge in [0.2, 0.25) is 0 Å². The standard InChI is InChI=1S/C11H14F2N2O3/c1-8-6-9(15(16)17)2-3-10(8)14-4-5-18-7-11(12)13/h2-3,6,11,14H,4-5,7H2,1H3. The molecule has 0 unspecified atom stereocenters. The second-order valence-corrected chi connectivity index (χ2v) is 3.65. The van der Waals surface area contributed by atoms with Gasteiger partial charge in [0.05, 0.1) is 11.5 Å². The average molecular weight is 260 g/mol. The van der Waals surface area contributed by atoms with E-state index in [0.29, 0.717) is 6.54 Å². The third-order valence-electron chi connectivity index (χ3n) is 2.23. The molecule has 5 nitrogen and oxygen atoms in total. The summed E-state index contributed by atoms with van der Waals surface area (Å²) in [7, 11) is 0. The number of nitrogens with one attached hydrogen (secondary N) is 1. The van der Waals surface area contributed by atoms with Gasteiger partial charge in [-0.05, 0) is 18.6 Å². The molecular formula is C11H14F2N2O3. The third kappa shape index (κ3) is 4.62. The van der Waals surface area contributed by atoms with Crippen LogP contribution in [0.2, 0.25) is 0 Å². The number of halogens is 2. The Bertz CT molecular complexity index is 413. The normalized spacial score (nSPS) is 10.7. The number of non-ortho nitro benzene ring substituents is 1. The number of nitrogens with zero attached hydrogens (tertiary/aromatic N) is 1. The van der Waals surface area contributed by atoms with Crippen LogP contribution in [0, 0.1) is 17.0 Å². The number of nitro groups is 1. The summed E-state index contributed by atoms with van der Waals surface area (Å²) in [5, 5.41) is 13.5. The first-order valence-corrected chi connectivity index (χ1v) is 5.35. The van der Waals surface area contributed by atoms with E-state index in [1.807, 2.05) is 0 Å². The molecule has 0 amide bonds. The number of anilines is 1. The zero-order chi connectivity index (χ0) is 13.5. The molecule has 0 aromatic heterocycles. The van der Waals surface area contributed by atoms with Crippen molar-refractivity contribution in [1.82, 2.24) is 0 Å². The maximum Gasteiger partial charge on any atom is 0.269 e. The monoisotopic (exact) mass is 260 g/mol. The van der Waals surface area contributed by atoms with Crippen LogP contribution in [-0.2, 0) is 4.74 Å². The van der Waals surface area contributed by atoms with E-state index < -0.39 is 18.0 Å². The first-order chi connectivity index (χ1) is 8.50. The number of hydrogen-bond acceptors (Lipinski definition) is 4. The smallest absolute Gasteiger partial charge is 0.269 e. The Morgan fingerprint density at radius 2 is 2.22 bits per heavy atom. The summed E-state index contributed by atoms with van der Waals surface area (Å²) in [5.74, 6) is 0. The fraction of sp³-hybridized carbons (Fsp3) is 0.455. The number of alkyl halides is 2. The van der Waals surface area contributed by atoms with Crippen molar-refractivity contribution < 1.29 is 18.4 Å². The second-order valence-electron chi connectivity index (χ2n) is 3.65. The number of hydrogen-bond donors (Lipinski definition) is 1. The van der Waals surface area contributed by atoms with Crippen molar-refractivity contribution in [3.8, 4) is 0 Å². The van der Waals surface area contributed by atoms with Gasteiger partial charge in [0.1, 0.15) is 6.61 Å². The van der Waals surface area contributed by atoms with Crippen molar-refractivity contribution in [3.05, 3.63) is 33.9 Å². The number of ether oxygens (including phenoxy) is 1. The van der Waals surface area contributed by atoms with Gasteiger partial charge >= 0.3 is 0 Å². The summed E-state index contributed by atoms with van der Waals surface area (Å²) < 4.78 is 28.2. The van der Waals surface area contributed by atoms with E-state index in [4.69, 9.17) is 4.74 Å². The number of aryl methyl sites for hydroxylation is 1. The molecule has 0 atom stereocenters. The molecule has 1 aromatic carbocycles. The highest BCUT2D eigenvalue weighted by atomic mass is 19.3. The molecule has 1 aromatic rings. The first kappa shape index (κ1) is 14.3. The van der Waals surface area contributed by atoms with Gasteiger partial charge in [0.25, 0.3) is 12.1 Å². The predicted octanol–water partition coefficient (Wildman–Crippen LogP) is 2.60. The fourth-order valence-electron chi connectivity index (χ4n) is 1.39. The molecule has 7 heteroatoms. The highest BCUT2D eigenvalue weighted by Gasteiger charge is 2.07. The Labute approximate surface area is 103 Å². The Hall–Kier alpha value is -1.76. The molecule has 1 N–H and O–H groups in total. The largest absolute Gasteiger partial charge is 0.383 e. The van der Waals surface area contributed by atoms with Crippen molar-refractivity contribution in [2.75, 3.05) is 25.1 Å². The second kappa shape index (κ2) is 6.85. The summed E-state index contributed by atoms with van der Waals surface area (Å²) in [6.45, 7) is 1.67. The lowest BCUT2D eigenvalue weighted by Crippen LogP contribution is -2.13. The van der Waals surface area contributed by atoms with E-state index in [1.165, 1.54) is 12.1 Å². The van der Waals surface area contributed by atoms with Crippen molar-refractivity contribution in [2.45, 2.75) is 13.3 Å². The molecule has 0 radical (unpaired) electrons. The van der Waals surface area contributed by atoms with E-state index in [-0.39, 0.29) is 12.3 Å². The highest BCUT2D eigenvalue weighted by Crippen LogP contribution is 2.20. The van der Waals surface area contributed by atoms with Crippen LogP contribution in [0.5, 0.6) is 0 Å². The van der Waals surface area contributed by atoms with Gasteiger partial charge in [-0.1, -0.05) is 0 Å². The Morgan fingerprint density at radius 3 is 2.78 bits per heavy atom. The van der Waals surface area contributed by atoms with Gasteiger partial charge in [-0.2, -0.15) is 0 Å². The molecule has 0 bridgehead atoms. The van der Waals surface area contributed by atoms with Gasteiger partial charge in [0.15, 0.2) is 0 Å². The van der Waals surface area contributed by atoms with E-state index in [1.54, 1.807) is 13.0 Å². The summed E-state index contributed by atoms with van der Waals surface area (Å²) in [6.07, 6.45) is -2.47. The molecule has 0 heterocycles. The Morgan fingerprint density at radius 1 is 1.50 bits per heavy atom. The zero-order valence-corrected chi connectivity index (χ0v) is 9.86. The number of rotatable bonds is 7. The van der Waals surface area contributed by atoms with Crippen LogP contribution in [-0.4, -0.2) is 31.1 Å². The lowest BCUT2D eigenvalue weighted by molar-refractivity contribution is -0.384. The minimum atomic E-state index is -2.47. The van der Waals surface area contributed by atoms with Gasteiger partial charge in [-0.3, -0.25) is 10.1 Å². The van der Waals surface area contributed by atoms with E-state index in [2.05, 4.69) is 5.32 Å². The molecule has 0 saturated heterocycles. The minimum Gasteiger partial charge on any atom is -0.383 e. The van der Waals surface area contributed by atoms with Crippen LogP contribution in [0.3, 0.4) is 0 Å². The van der Waals surface area contributed by atoms with E-state index >= 15 is 0 Å². The fourth-order valence-corrected chi connectivity index (χ4v) is 1.39. The SMILES string of the molecule is Cc1cc([N+](=O)[O-])ccc1NCCOCC(F)F. The van der Waals surface area contributed by atoms with Crippen LogP contribution in [0.25, 0.3) is 0 Å². The van der Waals surface area contributed by atoms with Crippen LogP contribution < -0.4 is 5.32 Å². The lowest BCUT2D eigenvalue weighted by atomic mass is 10.2. The van der Waals surface area contributed by atoms with Crippen LogP contribution in [0.15, 0.2) is 18.2 Å². The highest BCUT2D eigenvalue weighted by molar-refractivity contribution is 5.55.